The molecule has 0 radical (unpaired) electrons. The van der Waals surface area contributed by atoms with Crippen LogP contribution in [0, 0.1) is 6.92 Å². The Balaban J connectivity index is 2.99. The molecular weight excluding hydrogens is 172 g/mol. The Labute approximate surface area is 75.2 Å². The maximum atomic E-state index is 10.6. The van der Waals surface area contributed by atoms with Crippen LogP contribution < -0.4 is 0 Å². The third-order valence-electron chi connectivity index (χ3n) is 1.51. The van der Waals surface area contributed by atoms with Crippen molar-refractivity contribution in [1.82, 2.24) is 0 Å². The van der Waals surface area contributed by atoms with Gasteiger partial charge in [0.2, 0.25) is 0 Å². The Kier molecular flexibility index (Phi) is 2.65. The van der Waals surface area contributed by atoms with Crippen molar-refractivity contribution in [3.05, 3.63) is 34.0 Å². The van der Waals surface area contributed by atoms with Crippen LogP contribution in [0.1, 0.15) is 20.1 Å². The van der Waals surface area contributed by atoms with E-state index in [9.17, 15) is 4.79 Å². The highest BCUT2D eigenvalue weighted by Crippen LogP contribution is 2.22. The molecule has 0 atom stereocenters. The van der Waals surface area contributed by atoms with Crippen LogP contribution in [0.4, 0.5) is 0 Å². The molecule has 12 heavy (non-hydrogen) atoms. The fourth-order valence-electron chi connectivity index (χ4n) is 1.00. The lowest BCUT2D eigenvalue weighted by atomic mass is 10.2. The third-order valence-corrected chi connectivity index (χ3v) is 2.76. The molecule has 0 aliphatic rings. The summed E-state index contributed by atoms with van der Waals surface area (Å²) in [5.41, 5.74) is 0.837. The second-order valence-corrected chi connectivity index (χ2v) is 3.66. The van der Waals surface area contributed by atoms with Crippen molar-refractivity contribution in [3.63, 3.8) is 0 Å². The number of hydrogen-bond acceptors (Lipinski definition) is 2. The number of thiophene rings is 1. The zero-order valence-electron chi connectivity index (χ0n) is 6.83. The van der Waals surface area contributed by atoms with Gasteiger partial charge in [-0.15, -0.1) is 17.9 Å². The fourth-order valence-corrected chi connectivity index (χ4v) is 2.01. The van der Waals surface area contributed by atoms with E-state index in [-0.39, 0.29) is 0 Å². The van der Waals surface area contributed by atoms with Gasteiger partial charge >= 0.3 is 5.97 Å². The van der Waals surface area contributed by atoms with Gasteiger partial charge in [0.25, 0.3) is 0 Å². The lowest BCUT2D eigenvalue weighted by Crippen LogP contribution is -1.93. The van der Waals surface area contributed by atoms with Crippen molar-refractivity contribution in [2.75, 3.05) is 0 Å². The van der Waals surface area contributed by atoms with E-state index in [1.807, 2.05) is 13.0 Å². The van der Waals surface area contributed by atoms with Gasteiger partial charge in [-0.3, -0.25) is 0 Å². The Morgan fingerprint density at radius 2 is 2.50 bits per heavy atom. The first kappa shape index (κ1) is 9.00. The number of rotatable bonds is 3. The smallest absolute Gasteiger partial charge is 0.346 e. The number of carboxylic acid groups (broad SMARTS) is 1. The van der Waals surface area contributed by atoms with E-state index in [4.69, 9.17) is 5.11 Å². The molecule has 64 valence electrons. The molecule has 0 unspecified atom stereocenters. The number of aromatic carboxylic acids is 1. The highest BCUT2D eigenvalue weighted by atomic mass is 32.1. The summed E-state index contributed by atoms with van der Waals surface area (Å²) in [6, 6.07) is 1.90. The van der Waals surface area contributed by atoms with Gasteiger partial charge in [-0.2, -0.15) is 0 Å². The van der Waals surface area contributed by atoms with Crippen molar-refractivity contribution >= 4 is 17.3 Å². The minimum Gasteiger partial charge on any atom is -0.477 e. The first-order valence-electron chi connectivity index (χ1n) is 3.58. The largest absolute Gasteiger partial charge is 0.477 e. The van der Waals surface area contributed by atoms with Crippen LogP contribution in [0.5, 0.6) is 0 Å². The van der Waals surface area contributed by atoms with E-state index in [1.165, 1.54) is 11.3 Å². The molecule has 0 spiro atoms. The lowest BCUT2D eigenvalue weighted by Gasteiger charge is -1.86. The van der Waals surface area contributed by atoms with E-state index in [1.54, 1.807) is 6.08 Å². The van der Waals surface area contributed by atoms with Crippen molar-refractivity contribution in [1.29, 1.82) is 0 Å². The molecule has 2 nitrogen and oxygen atoms in total. The van der Waals surface area contributed by atoms with Gasteiger partial charge in [-0.25, -0.2) is 4.79 Å². The minimum atomic E-state index is -0.840. The van der Waals surface area contributed by atoms with Gasteiger partial charge in [-0.05, 0) is 25.0 Å². The summed E-state index contributed by atoms with van der Waals surface area (Å²) in [5, 5.41) is 8.73. The number of allylic oxidation sites excluding steroid dienone is 1. The average molecular weight is 182 g/mol. The minimum absolute atomic E-state index is 0.437. The van der Waals surface area contributed by atoms with Crippen LogP contribution in [-0.2, 0) is 6.42 Å². The second-order valence-electron chi connectivity index (χ2n) is 2.52. The molecule has 0 saturated carbocycles. The summed E-state index contributed by atoms with van der Waals surface area (Å²) in [6.07, 6.45) is 2.52. The molecule has 1 heterocycles. The van der Waals surface area contributed by atoms with Crippen LogP contribution in [0.15, 0.2) is 18.7 Å². The van der Waals surface area contributed by atoms with Crippen LogP contribution in [0.25, 0.3) is 0 Å². The molecule has 0 saturated heterocycles. The number of carboxylic acids is 1. The molecular formula is C9H10O2S. The first-order chi connectivity index (χ1) is 5.65. The van der Waals surface area contributed by atoms with Crippen LogP contribution in [-0.4, -0.2) is 11.1 Å². The summed E-state index contributed by atoms with van der Waals surface area (Å²) in [6.45, 7) is 5.41. The van der Waals surface area contributed by atoms with Crippen LogP contribution >= 0.6 is 11.3 Å². The maximum absolute atomic E-state index is 10.6. The topological polar surface area (TPSA) is 37.3 Å². The SMILES string of the molecule is C=CCc1cc(C)c(C(=O)O)s1. The summed E-state index contributed by atoms with van der Waals surface area (Å²) in [4.78, 5) is 12.1. The normalized spacial score (nSPS) is 9.75. The van der Waals surface area contributed by atoms with Crippen molar-refractivity contribution in [2.24, 2.45) is 0 Å². The van der Waals surface area contributed by atoms with Crippen molar-refractivity contribution in [3.8, 4) is 0 Å². The molecule has 0 bridgehead atoms. The molecule has 3 heteroatoms. The average Bonchev–Trinajstić information content (AvgIpc) is 2.32. The van der Waals surface area contributed by atoms with Crippen molar-refractivity contribution in [2.45, 2.75) is 13.3 Å². The monoisotopic (exact) mass is 182 g/mol. The molecule has 0 fully saturated rings. The molecule has 1 rings (SSSR count). The standard InChI is InChI=1S/C9H10O2S/c1-3-4-7-5-6(2)8(12-7)9(10)11/h3,5H,1,4H2,2H3,(H,10,11). The molecule has 1 aromatic rings. The molecule has 1 aromatic heterocycles. The van der Waals surface area contributed by atoms with E-state index >= 15 is 0 Å². The lowest BCUT2D eigenvalue weighted by molar-refractivity contribution is 0.0701. The maximum Gasteiger partial charge on any atom is 0.346 e. The second kappa shape index (κ2) is 3.54. The summed E-state index contributed by atoms with van der Waals surface area (Å²) >= 11 is 1.32. The van der Waals surface area contributed by atoms with Crippen LogP contribution in [0.2, 0.25) is 0 Å². The van der Waals surface area contributed by atoms with E-state index in [0.29, 0.717) is 4.88 Å². The zero-order valence-corrected chi connectivity index (χ0v) is 7.65. The van der Waals surface area contributed by atoms with Gasteiger partial charge in [0, 0.05) is 4.88 Å². The highest BCUT2D eigenvalue weighted by Gasteiger charge is 2.10. The molecule has 0 aromatic carbocycles. The van der Waals surface area contributed by atoms with Gasteiger partial charge < -0.3 is 5.11 Å². The van der Waals surface area contributed by atoms with Crippen molar-refractivity contribution < 1.29 is 9.90 Å². The van der Waals surface area contributed by atoms with Crippen LogP contribution in [0.3, 0.4) is 0 Å². The number of carbonyl (C=O) groups is 1. The molecule has 0 aliphatic carbocycles. The van der Waals surface area contributed by atoms with E-state index in [0.717, 1.165) is 16.9 Å². The quantitative estimate of drug-likeness (QED) is 0.729. The van der Waals surface area contributed by atoms with Gasteiger partial charge in [0.15, 0.2) is 0 Å². The van der Waals surface area contributed by atoms with E-state index in [2.05, 4.69) is 6.58 Å². The van der Waals surface area contributed by atoms with Gasteiger partial charge in [0.1, 0.15) is 4.88 Å². The predicted octanol–water partition coefficient (Wildman–Crippen LogP) is 2.48. The zero-order chi connectivity index (χ0) is 9.14. The number of hydrogen-bond donors (Lipinski definition) is 1. The molecule has 1 N–H and O–H groups in total. The molecule has 0 amide bonds. The fraction of sp³-hybridized carbons (Fsp3) is 0.222. The van der Waals surface area contributed by atoms with Gasteiger partial charge in [-0.1, -0.05) is 6.08 Å². The Hall–Kier alpha value is -1.09. The summed E-state index contributed by atoms with van der Waals surface area (Å²) in [5.74, 6) is -0.840. The molecule has 0 aliphatic heterocycles. The summed E-state index contributed by atoms with van der Waals surface area (Å²) in [7, 11) is 0. The Morgan fingerprint density at radius 3 is 2.92 bits per heavy atom. The van der Waals surface area contributed by atoms with E-state index < -0.39 is 5.97 Å². The highest BCUT2D eigenvalue weighted by molar-refractivity contribution is 7.14. The number of aryl methyl sites for hydroxylation is 1. The predicted molar refractivity (Wildman–Crippen MR) is 49.9 cm³/mol. The first-order valence-corrected chi connectivity index (χ1v) is 4.40. The Bertz CT molecular complexity index is 312. The summed E-state index contributed by atoms with van der Waals surface area (Å²) < 4.78 is 0. The third kappa shape index (κ3) is 1.74. The Morgan fingerprint density at radius 1 is 1.83 bits per heavy atom. The van der Waals surface area contributed by atoms with Gasteiger partial charge in [0.05, 0.1) is 0 Å².